The molecule has 1 unspecified atom stereocenters. The van der Waals surface area contributed by atoms with E-state index in [0.29, 0.717) is 17.5 Å². The van der Waals surface area contributed by atoms with Crippen molar-refractivity contribution in [3.8, 4) is 0 Å². The smallest absolute Gasteiger partial charge is 0.243 e. The van der Waals surface area contributed by atoms with Crippen LogP contribution in [0.4, 0.5) is 4.39 Å². The van der Waals surface area contributed by atoms with Crippen LogP contribution in [-0.2, 0) is 5.75 Å². The monoisotopic (exact) mass is 313 g/mol. The van der Waals surface area contributed by atoms with Gasteiger partial charge in [-0.15, -0.1) is 11.8 Å². The Morgan fingerprint density at radius 1 is 1.35 bits per heavy atom. The molecule has 4 nitrogen and oxygen atoms in total. The number of hydrogen-bond donors (Lipinski definition) is 1. The minimum absolute atomic E-state index is 0.209. The summed E-state index contributed by atoms with van der Waals surface area (Å²) in [5, 5.41) is 3.91. The van der Waals surface area contributed by atoms with Crippen LogP contribution in [0, 0.1) is 5.82 Å². The Labute approximate surface area is 125 Å². The molecule has 0 fully saturated rings. The molecule has 0 bridgehead atoms. The second-order valence-corrected chi connectivity index (χ2v) is 6.21. The summed E-state index contributed by atoms with van der Waals surface area (Å²) in [6.45, 7) is 0. The van der Waals surface area contributed by atoms with Crippen molar-refractivity contribution >= 4 is 23.5 Å². The van der Waals surface area contributed by atoms with Crippen LogP contribution < -0.4 is 5.73 Å². The maximum absolute atomic E-state index is 12.8. The zero-order valence-electron chi connectivity index (χ0n) is 11.1. The molecule has 0 saturated carbocycles. The van der Waals surface area contributed by atoms with Crippen LogP contribution in [-0.4, -0.2) is 22.1 Å². The molecule has 0 aliphatic heterocycles. The molecule has 0 aliphatic rings. The van der Waals surface area contributed by atoms with Gasteiger partial charge >= 0.3 is 0 Å². The molecule has 1 aromatic heterocycles. The van der Waals surface area contributed by atoms with Gasteiger partial charge in [0.1, 0.15) is 5.82 Å². The Morgan fingerprint density at radius 2 is 2.10 bits per heavy atom. The van der Waals surface area contributed by atoms with Crippen molar-refractivity contribution in [1.82, 2.24) is 10.1 Å². The molecule has 2 N–H and O–H groups in total. The van der Waals surface area contributed by atoms with Gasteiger partial charge < -0.3 is 10.3 Å². The first-order valence-corrected chi connectivity index (χ1v) is 8.52. The van der Waals surface area contributed by atoms with Crippen LogP contribution in [0.2, 0.25) is 0 Å². The van der Waals surface area contributed by atoms with Crippen LogP contribution in [0.1, 0.15) is 24.2 Å². The Morgan fingerprint density at radius 3 is 2.80 bits per heavy atom. The predicted octanol–water partition coefficient (Wildman–Crippen LogP) is 3.25. The number of aromatic nitrogens is 2. The van der Waals surface area contributed by atoms with Crippen LogP contribution in [0.5, 0.6) is 0 Å². The maximum Gasteiger partial charge on any atom is 0.243 e. The highest BCUT2D eigenvalue weighted by molar-refractivity contribution is 7.98. The van der Waals surface area contributed by atoms with Gasteiger partial charge in [-0.25, -0.2) is 4.39 Å². The fourth-order valence-corrected chi connectivity index (χ4v) is 2.75. The normalized spacial score (nSPS) is 12.6. The topological polar surface area (TPSA) is 64.9 Å². The van der Waals surface area contributed by atoms with Gasteiger partial charge in [0.2, 0.25) is 5.89 Å². The lowest BCUT2D eigenvalue weighted by Crippen LogP contribution is -2.11. The average Bonchev–Trinajstić information content (AvgIpc) is 2.93. The van der Waals surface area contributed by atoms with Crippen LogP contribution in [0.3, 0.4) is 0 Å². The summed E-state index contributed by atoms with van der Waals surface area (Å²) in [6, 6.07) is 6.11. The standard InChI is InChI=1S/C13H16FN3OS2/c1-19-7-6-11(15)13-16-12(17-18-13)8-20-10-4-2-9(14)3-5-10/h2-5,11H,6-8,15H2,1H3. The first kappa shape index (κ1) is 15.3. The lowest BCUT2D eigenvalue weighted by molar-refractivity contribution is 0.350. The van der Waals surface area contributed by atoms with Gasteiger partial charge in [0.15, 0.2) is 5.82 Å². The first-order chi connectivity index (χ1) is 9.69. The maximum atomic E-state index is 12.8. The molecule has 20 heavy (non-hydrogen) atoms. The van der Waals surface area contributed by atoms with E-state index in [1.165, 1.54) is 23.9 Å². The van der Waals surface area contributed by atoms with Crippen molar-refractivity contribution in [2.45, 2.75) is 23.1 Å². The number of hydrogen-bond acceptors (Lipinski definition) is 6. The van der Waals surface area contributed by atoms with Gasteiger partial charge in [-0.05, 0) is 42.7 Å². The second-order valence-electron chi connectivity index (χ2n) is 4.18. The van der Waals surface area contributed by atoms with E-state index in [1.54, 1.807) is 23.9 Å². The van der Waals surface area contributed by atoms with Crippen molar-refractivity contribution < 1.29 is 8.91 Å². The molecule has 1 atom stereocenters. The number of thioether (sulfide) groups is 2. The van der Waals surface area contributed by atoms with E-state index in [9.17, 15) is 4.39 Å². The molecule has 2 aromatic rings. The minimum Gasteiger partial charge on any atom is -0.338 e. The number of halogens is 1. The predicted molar refractivity (Wildman–Crippen MR) is 80.2 cm³/mol. The molecular weight excluding hydrogens is 297 g/mol. The van der Waals surface area contributed by atoms with Crippen LogP contribution in [0.25, 0.3) is 0 Å². The molecule has 1 heterocycles. The van der Waals surface area contributed by atoms with E-state index < -0.39 is 0 Å². The number of rotatable bonds is 7. The second kappa shape index (κ2) is 7.66. The Hall–Kier alpha value is -1.05. The van der Waals surface area contributed by atoms with Gasteiger partial charge in [-0.1, -0.05) is 5.16 Å². The molecular formula is C13H16FN3OS2. The summed E-state index contributed by atoms with van der Waals surface area (Å²) in [6.07, 6.45) is 2.85. The highest BCUT2D eigenvalue weighted by Gasteiger charge is 2.14. The van der Waals surface area contributed by atoms with Crippen molar-refractivity contribution in [2.24, 2.45) is 5.73 Å². The Bertz CT molecular complexity index is 533. The lowest BCUT2D eigenvalue weighted by atomic mass is 10.2. The zero-order valence-corrected chi connectivity index (χ0v) is 12.7. The molecule has 0 aliphatic carbocycles. The third kappa shape index (κ3) is 4.50. The first-order valence-electron chi connectivity index (χ1n) is 6.14. The summed E-state index contributed by atoms with van der Waals surface area (Å²) in [7, 11) is 0. The lowest BCUT2D eigenvalue weighted by Gasteiger charge is -2.03. The third-order valence-electron chi connectivity index (χ3n) is 2.62. The van der Waals surface area contributed by atoms with Crippen molar-refractivity contribution in [3.05, 3.63) is 41.8 Å². The largest absolute Gasteiger partial charge is 0.338 e. The van der Waals surface area contributed by atoms with Gasteiger partial charge in [0, 0.05) is 4.90 Å². The molecule has 7 heteroatoms. The number of nitrogens with zero attached hydrogens (tertiary/aromatic N) is 2. The molecule has 0 amide bonds. The molecule has 2 rings (SSSR count). The minimum atomic E-state index is -0.240. The van der Waals surface area contributed by atoms with E-state index in [2.05, 4.69) is 10.1 Å². The van der Waals surface area contributed by atoms with Gasteiger partial charge in [0.05, 0.1) is 11.8 Å². The van der Waals surface area contributed by atoms with Crippen LogP contribution >= 0.6 is 23.5 Å². The fraction of sp³-hybridized carbons (Fsp3) is 0.385. The van der Waals surface area contributed by atoms with E-state index in [4.69, 9.17) is 10.3 Å². The van der Waals surface area contributed by atoms with E-state index in [-0.39, 0.29) is 11.9 Å². The molecule has 0 saturated heterocycles. The average molecular weight is 313 g/mol. The molecule has 108 valence electrons. The van der Waals surface area contributed by atoms with Gasteiger partial charge in [-0.3, -0.25) is 0 Å². The van der Waals surface area contributed by atoms with Gasteiger partial charge in [-0.2, -0.15) is 16.7 Å². The molecule has 0 spiro atoms. The SMILES string of the molecule is CSCCC(N)c1nc(CSc2ccc(F)cc2)no1. The van der Waals surface area contributed by atoms with Crippen molar-refractivity contribution in [2.75, 3.05) is 12.0 Å². The van der Waals surface area contributed by atoms with Crippen molar-refractivity contribution in [3.63, 3.8) is 0 Å². The summed E-state index contributed by atoms with van der Waals surface area (Å²) < 4.78 is 17.9. The number of benzene rings is 1. The molecule has 0 radical (unpaired) electrons. The van der Waals surface area contributed by atoms with Crippen molar-refractivity contribution in [1.29, 1.82) is 0 Å². The van der Waals surface area contributed by atoms with E-state index in [0.717, 1.165) is 17.1 Å². The fourth-order valence-electron chi connectivity index (χ4n) is 1.52. The molecule has 1 aromatic carbocycles. The van der Waals surface area contributed by atoms with E-state index >= 15 is 0 Å². The summed E-state index contributed by atoms with van der Waals surface area (Å²) in [4.78, 5) is 5.25. The van der Waals surface area contributed by atoms with Crippen LogP contribution in [0.15, 0.2) is 33.7 Å². The quantitative estimate of drug-likeness (QED) is 0.792. The number of nitrogens with two attached hydrogens (primary N) is 1. The Kier molecular flexibility index (Phi) is 5.87. The van der Waals surface area contributed by atoms with E-state index in [1.807, 2.05) is 6.26 Å². The third-order valence-corrected chi connectivity index (χ3v) is 4.27. The van der Waals surface area contributed by atoms with Gasteiger partial charge in [0.25, 0.3) is 0 Å². The summed E-state index contributed by atoms with van der Waals surface area (Å²) >= 11 is 3.26. The Balaban J connectivity index is 1.87. The highest BCUT2D eigenvalue weighted by Crippen LogP contribution is 2.22. The summed E-state index contributed by atoms with van der Waals surface area (Å²) in [5.74, 6) is 2.38. The zero-order chi connectivity index (χ0) is 14.4. The highest BCUT2D eigenvalue weighted by atomic mass is 32.2. The summed E-state index contributed by atoms with van der Waals surface area (Å²) in [5.41, 5.74) is 5.96.